The molecule has 0 bridgehead atoms. The van der Waals surface area contributed by atoms with Gasteiger partial charge in [0.15, 0.2) is 0 Å². The van der Waals surface area contributed by atoms with Gasteiger partial charge in [-0.1, -0.05) is 41.9 Å². The molecule has 2 amide bonds. The molecule has 0 saturated heterocycles. The second kappa shape index (κ2) is 9.15. The zero-order chi connectivity index (χ0) is 19.2. The van der Waals surface area contributed by atoms with Gasteiger partial charge >= 0.3 is 0 Å². The van der Waals surface area contributed by atoms with Gasteiger partial charge in [0.2, 0.25) is 11.8 Å². The minimum atomic E-state index is -0.719. The monoisotopic (exact) mass is 403 g/mol. The van der Waals surface area contributed by atoms with Gasteiger partial charge in [0.1, 0.15) is 6.04 Å². The quantitative estimate of drug-likeness (QED) is 0.804. The molecule has 1 atom stereocenters. The Morgan fingerprint density at radius 2 is 2.00 bits per heavy atom. The number of halogens is 1. The molecule has 0 saturated carbocycles. The highest BCUT2D eigenvalue weighted by Crippen LogP contribution is 2.35. The largest absolute Gasteiger partial charge is 0.361 e. The SMILES string of the molecule is CNC(=O)C(NC(=O)CN1CCCSc2ccc(Cl)cc21)c1ccccc1. The van der Waals surface area contributed by atoms with Crippen molar-refractivity contribution in [1.29, 1.82) is 0 Å². The zero-order valence-electron chi connectivity index (χ0n) is 15.1. The molecular formula is C20H22ClN3O2S. The molecule has 7 heteroatoms. The molecule has 0 fully saturated rings. The molecule has 2 aromatic rings. The third-order valence-corrected chi connectivity index (χ3v) is 5.76. The summed E-state index contributed by atoms with van der Waals surface area (Å²) in [5.41, 5.74) is 1.72. The number of nitrogens with zero attached hydrogens (tertiary/aromatic N) is 1. The Hall–Kier alpha value is -2.18. The highest BCUT2D eigenvalue weighted by Gasteiger charge is 2.24. The molecule has 1 aliphatic heterocycles. The van der Waals surface area contributed by atoms with Crippen LogP contribution in [-0.4, -0.2) is 37.7 Å². The van der Waals surface area contributed by atoms with E-state index in [0.717, 1.165) is 34.9 Å². The lowest BCUT2D eigenvalue weighted by atomic mass is 10.1. The molecule has 2 aromatic carbocycles. The van der Waals surface area contributed by atoms with Crippen molar-refractivity contribution >= 4 is 40.9 Å². The number of hydrogen-bond donors (Lipinski definition) is 2. The predicted molar refractivity (Wildman–Crippen MR) is 110 cm³/mol. The maximum Gasteiger partial charge on any atom is 0.246 e. The Bertz CT molecular complexity index is 816. The summed E-state index contributed by atoms with van der Waals surface area (Å²) < 4.78 is 0. The van der Waals surface area contributed by atoms with Crippen molar-refractivity contribution in [1.82, 2.24) is 10.6 Å². The minimum Gasteiger partial charge on any atom is -0.361 e. The van der Waals surface area contributed by atoms with Crippen LogP contribution < -0.4 is 15.5 Å². The predicted octanol–water partition coefficient (Wildman–Crippen LogP) is 3.25. The molecule has 5 nitrogen and oxygen atoms in total. The van der Waals surface area contributed by atoms with E-state index >= 15 is 0 Å². The highest BCUT2D eigenvalue weighted by atomic mass is 35.5. The van der Waals surface area contributed by atoms with Crippen LogP contribution in [0.25, 0.3) is 0 Å². The number of fused-ring (bicyclic) bond motifs is 1. The fourth-order valence-corrected chi connectivity index (χ4v) is 4.21. The Balaban J connectivity index is 1.76. The first kappa shape index (κ1) is 19.6. The van der Waals surface area contributed by atoms with Gasteiger partial charge in [0.25, 0.3) is 0 Å². The normalized spacial score (nSPS) is 14.7. The van der Waals surface area contributed by atoms with Crippen LogP contribution in [0.2, 0.25) is 5.02 Å². The standard InChI is InChI=1S/C20H22ClN3O2S/c1-22-20(26)19(14-6-3-2-4-7-14)23-18(25)13-24-10-5-11-27-17-9-8-15(21)12-16(17)24/h2-4,6-9,12,19H,5,10-11,13H2,1H3,(H,22,26)(H,23,25). The van der Waals surface area contributed by atoms with E-state index in [0.29, 0.717) is 5.02 Å². The van der Waals surface area contributed by atoms with Crippen molar-refractivity contribution in [2.24, 2.45) is 0 Å². The number of benzene rings is 2. The van der Waals surface area contributed by atoms with Gasteiger partial charge in [-0.15, -0.1) is 11.8 Å². The maximum absolute atomic E-state index is 12.7. The first-order chi connectivity index (χ1) is 13.1. The van der Waals surface area contributed by atoms with Gasteiger partial charge in [0.05, 0.1) is 12.2 Å². The lowest BCUT2D eigenvalue weighted by molar-refractivity contribution is -0.128. The maximum atomic E-state index is 12.7. The van der Waals surface area contributed by atoms with Crippen molar-refractivity contribution in [3.05, 3.63) is 59.1 Å². The van der Waals surface area contributed by atoms with Crippen molar-refractivity contribution in [2.75, 3.05) is 30.8 Å². The summed E-state index contributed by atoms with van der Waals surface area (Å²) >= 11 is 7.94. The van der Waals surface area contributed by atoms with Crippen LogP contribution >= 0.6 is 23.4 Å². The van der Waals surface area contributed by atoms with E-state index in [9.17, 15) is 9.59 Å². The number of hydrogen-bond acceptors (Lipinski definition) is 4. The van der Waals surface area contributed by atoms with Crippen LogP contribution in [0.15, 0.2) is 53.4 Å². The Kier molecular flexibility index (Phi) is 6.63. The first-order valence-electron chi connectivity index (χ1n) is 8.81. The number of likely N-dealkylation sites (N-methyl/N-ethyl adjacent to an activating group) is 1. The average Bonchev–Trinajstić information content (AvgIpc) is 2.88. The smallest absolute Gasteiger partial charge is 0.246 e. The highest BCUT2D eigenvalue weighted by molar-refractivity contribution is 7.99. The van der Waals surface area contributed by atoms with Crippen molar-refractivity contribution in [3.63, 3.8) is 0 Å². The van der Waals surface area contributed by atoms with Crippen LogP contribution in [0.3, 0.4) is 0 Å². The van der Waals surface area contributed by atoms with E-state index in [4.69, 9.17) is 11.6 Å². The first-order valence-corrected chi connectivity index (χ1v) is 10.2. The fourth-order valence-electron chi connectivity index (χ4n) is 3.05. The topological polar surface area (TPSA) is 61.4 Å². The number of anilines is 1. The summed E-state index contributed by atoms with van der Waals surface area (Å²) in [6.45, 7) is 0.942. The van der Waals surface area contributed by atoms with Crippen LogP contribution in [0.5, 0.6) is 0 Å². The van der Waals surface area contributed by atoms with Gasteiger partial charge < -0.3 is 15.5 Å². The van der Waals surface area contributed by atoms with Gasteiger partial charge in [-0.05, 0) is 35.9 Å². The molecule has 0 aromatic heterocycles. The number of carbonyl (C=O) groups excluding carboxylic acids is 2. The molecule has 27 heavy (non-hydrogen) atoms. The Morgan fingerprint density at radius 3 is 2.74 bits per heavy atom. The number of rotatable bonds is 5. The molecule has 0 aliphatic carbocycles. The van der Waals surface area contributed by atoms with E-state index < -0.39 is 6.04 Å². The van der Waals surface area contributed by atoms with Gasteiger partial charge in [0, 0.05) is 23.5 Å². The lowest BCUT2D eigenvalue weighted by Gasteiger charge is -2.25. The summed E-state index contributed by atoms with van der Waals surface area (Å²) in [6, 6.07) is 14.3. The Labute approximate surface area is 168 Å². The van der Waals surface area contributed by atoms with E-state index in [1.165, 1.54) is 0 Å². The van der Waals surface area contributed by atoms with Crippen LogP contribution in [0.1, 0.15) is 18.0 Å². The van der Waals surface area contributed by atoms with Crippen molar-refractivity contribution in [3.8, 4) is 0 Å². The molecule has 0 spiro atoms. The fraction of sp³-hybridized carbons (Fsp3) is 0.300. The third kappa shape index (κ3) is 4.96. The Morgan fingerprint density at radius 1 is 1.22 bits per heavy atom. The van der Waals surface area contributed by atoms with Gasteiger partial charge in [-0.2, -0.15) is 0 Å². The number of amides is 2. The van der Waals surface area contributed by atoms with Crippen LogP contribution in [0, 0.1) is 0 Å². The van der Waals surface area contributed by atoms with E-state index in [1.54, 1.807) is 18.8 Å². The van der Waals surface area contributed by atoms with E-state index in [-0.39, 0.29) is 18.4 Å². The second-order valence-corrected chi connectivity index (χ2v) is 7.83. The van der Waals surface area contributed by atoms with E-state index in [2.05, 4.69) is 10.6 Å². The zero-order valence-corrected chi connectivity index (χ0v) is 16.6. The molecule has 1 unspecified atom stereocenters. The summed E-state index contributed by atoms with van der Waals surface area (Å²) in [7, 11) is 1.56. The molecule has 0 radical (unpaired) electrons. The van der Waals surface area contributed by atoms with Gasteiger partial charge in [-0.25, -0.2) is 0 Å². The summed E-state index contributed by atoms with van der Waals surface area (Å²) in [6.07, 6.45) is 0.974. The summed E-state index contributed by atoms with van der Waals surface area (Å²) in [5, 5.41) is 6.13. The summed E-state index contributed by atoms with van der Waals surface area (Å²) in [5.74, 6) is 0.548. The minimum absolute atomic E-state index is 0.175. The van der Waals surface area contributed by atoms with E-state index in [1.807, 2.05) is 53.4 Å². The molecule has 1 heterocycles. The molecule has 3 rings (SSSR count). The summed E-state index contributed by atoms with van der Waals surface area (Å²) in [4.78, 5) is 28.2. The van der Waals surface area contributed by atoms with Crippen molar-refractivity contribution in [2.45, 2.75) is 17.4 Å². The average molecular weight is 404 g/mol. The number of thioether (sulfide) groups is 1. The molecular weight excluding hydrogens is 382 g/mol. The lowest BCUT2D eigenvalue weighted by Crippen LogP contribution is -2.44. The molecule has 2 N–H and O–H groups in total. The van der Waals surface area contributed by atoms with Crippen LogP contribution in [0.4, 0.5) is 5.69 Å². The number of nitrogens with one attached hydrogen (secondary N) is 2. The third-order valence-electron chi connectivity index (χ3n) is 4.37. The molecule has 142 valence electrons. The molecule has 1 aliphatic rings. The number of carbonyl (C=O) groups is 2. The van der Waals surface area contributed by atoms with Crippen LogP contribution in [-0.2, 0) is 9.59 Å². The van der Waals surface area contributed by atoms with Crippen molar-refractivity contribution < 1.29 is 9.59 Å². The van der Waals surface area contributed by atoms with Gasteiger partial charge in [-0.3, -0.25) is 9.59 Å². The second-order valence-electron chi connectivity index (χ2n) is 6.26.